The van der Waals surface area contributed by atoms with E-state index in [-0.39, 0.29) is 12.0 Å². The Morgan fingerprint density at radius 3 is 3.06 bits per heavy atom. The van der Waals surface area contributed by atoms with Crippen molar-refractivity contribution in [1.82, 2.24) is 10.3 Å². The summed E-state index contributed by atoms with van der Waals surface area (Å²) in [5.41, 5.74) is 0.310. The van der Waals surface area contributed by atoms with Crippen molar-refractivity contribution in [2.75, 3.05) is 6.54 Å². The zero-order valence-corrected chi connectivity index (χ0v) is 9.87. The fraction of sp³-hybridized carbons (Fsp3) is 0.455. The molecule has 1 aromatic heterocycles. The van der Waals surface area contributed by atoms with E-state index in [0.29, 0.717) is 23.7 Å². The highest BCUT2D eigenvalue weighted by atomic mass is 35.5. The van der Waals surface area contributed by atoms with Crippen LogP contribution in [0.1, 0.15) is 30.3 Å². The molecule has 0 saturated carbocycles. The van der Waals surface area contributed by atoms with Crippen LogP contribution in [0.3, 0.4) is 0 Å². The molecular formula is C11H15ClN2O2. The molecule has 1 heterocycles. The van der Waals surface area contributed by atoms with Gasteiger partial charge in [0.05, 0.1) is 6.10 Å². The molecule has 1 atom stereocenters. The molecule has 0 aromatic carbocycles. The van der Waals surface area contributed by atoms with Gasteiger partial charge < -0.3 is 10.4 Å². The maximum absolute atomic E-state index is 11.5. The van der Waals surface area contributed by atoms with Gasteiger partial charge in [0.15, 0.2) is 0 Å². The second kappa shape index (κ2) is 6.45. The molecule has 88 valence electrons. The minimum Gasteiger partial charge on any atom is -0.393 e. The number of pyridine rings is 1. The third-order valence-electron chi connectivity index (χ3n) is 2.04. The van der Waals surface area contributed by atoms with Crippen LogP contribution in [0.4, 0.5) is 0 Å². The number of carbonyl (C=O) groups is 1. The molecule has 0 aliphatic carbocycles. The number of halogens is 1. The molecule has 4 nitrogen and oxygen atoms in total. The van der Waals surface area contributed by atoms with Crippen LogP contribution in [-0.2, 0) is 0 Å². The number of nitrogens with one attached hydrogen (secondary N) is 1. The molecule has 0 aliphatic rings. The van der Waals surface area contributed by atoms with Crippen LogP contribution in [0.2, 0.25) is 5.02 Å². The van der Waals surface area contributed by atoms with E-state index in [9.17, 15) is 4.79 Å². The first-order valence-electron chi connectivity index (χ1n) is 5.17. The lowest BCUT2D eigenvalue weighted by molar-refractivity contribution is 0.0944. The highest BCUT2D eigenvalue weighted by molar-refractivity contribution is 6.30. The zero-order chi connectivity index (χ0) is 12.0. The number of amides is 1. The molecule has 0 spiro atoms. The Labute approximate surface area is 99.6 Å². The molecule has 1 unspecified atom stereocenters. The fourth-order valence-corrected chi connectivity index (χ4v) is 1.38. The summed E-state index contributed by atoms with van der Waals surface area (Å²) in [5, 5.41) is 12.2. The first-order chi connectivity index (χ1) is 7.59. The molecule has 1 aromatic rings. The van der Waals surface area contributed by atoms with Gasteiger partial charge in [-0.2, -0.15) is 0 Å². The molecule has 0 radical (unpaired) electrons. The van der Waals surface area contributed by atoms with Crippen LogP contribution in [0.15, 0.2) is 18.3 Å². The number of aromatic nitrogens is 1. The fourth-order valence-electron chi connectivity index (χ4n) is 1.22. The maximum atomic E-state index is 11.5. The zero-order valence-electron chi connectivity index (χ0n) is 9.11. The summed E-state index contributed by atoms with van der Waals surface area (Å²) in [5.74, 6) is -0.243. The van der Waals surface area contributed by atoms with Gasteiger partial charge in [-0.15, -0.1) is 0 Å². The second-order valence-electron chi connectivity index (χ2n) is 3.61. The van der Waals surface area contributed by atoms with Crippen molar-refractivity contribution in [3.63, 3.8) is 0 Å². The summed E-state index contributed by atoms with van der Waals surface area (Å²) < 4.78 is 0. The molecule has 1 amide bonds. The predicted molar refractivity (Wildman–Crippen MR) is 62.5 cm³/mol. The van der Waals surface area contributed by atoms with Gasteiger partial charge in [-0.1, -0.05) is 11.6 Å². The summed E-state index contributed by atoms with van der Waals surface area (Å²) in [6.45, 7) is 2.25. The van der Waals surface area contributed by atoms with Crippen molar-refractivity contribution in [2.24, 2.45) is 0 Å². The number of rotatable bonds is 5. The molecule has 0 saturated heterocycles. The molecule has 0 aliphatic heterocycles. The molecule has 5 heteroatoms. The lowest BCUT2D eigenvalue weighted by Gasteiger charge is -2.06. The summed E-state index contributed by atoms with van der Waals surface area (Å²) >= 11 is 5.74. The number of hydrogen-bond acceptors (Lipinski definition) is 3. The Morgan fingerprint density at radius 2 is 2.44 bits per heavy atom. The van der Waals surface area contributed by atoms with E-state index in [2.05, 4.69) is 10.3 Å². The smallest absolute Gasteiger partial charge is 0.269 e. The van der Waals surface area contributed by atoms with E-state index in [1.807, 2.05) is 0 Å². The van der Waals surface area contributed by atoms with Crippen LogP contribution < -0.4 is 5.32 Å². The third-order valence-corrected chi connectivity index (χ3v) is 2.27. The van der Waals surface area contributed by atoms with E-state index in [1.165, 1.54) is 12.3 Å². The molecule has 16 heavy (non-hydrogen) atoms. The Balaban J connectivity index is 2.35. The maximum Gasteiger partial charge on any atom is 0.269 e. The van der Waals surface area contributed by atoms with Gasteiger partial charge >= 0.3 is 0 Å². The average Bonchev–Trinajstić information content (AvgIpc) is 2.24. The lowest BCUT2D eigenvalue weighted by atomic mass is 10.2. The van der Waals surface area contributed by atoms with Crippen molar-refractivity contribution in [3.05, 3.63) is 29.0 Å². The van der Waals surface area contributed by atoms with E-state index in [1.54, 1.807) is 13.0 Å². The first-order valence-corrected chi connectivity index (χ1v) is 5.55. The Morgan fingerprint density at radius 1 is 1.69 bits per heavy atom. The van der Waals surface area contributed by atoms with Gasteiger partial charge in [-0.25, -0.2) is 0 Å². The number of aliphatic hydroxyl groups is 1. The Kier molecular flexibility index (Phi) is 5.22. The van der Waals surface area contributed by atoms with E-state index in [0.717, 1.165) is 6.42 Å². The summed E-state index contributed by atoms with van der Waals surface area (Å²) in [7, 11) is 0. The number of carbonyl (C=O) groups excluding carboxylic acids is 1. The third kappa shape index (κ3) is 4.59. The van der Waals surface area contributed by atoms with E-state index in [4.69, 9.17) is 16.7 Å². The largest absolute Gasteiger partial charge is 0.393 e. The van der Waals surface area contributed by atoms with Crippen LogP contribution in [-0.4, -0.2) is 28.6 Å². The Hall–Kier alpha value is -1.13. The van der Waals surface area contributed by atoms with Gasteiger partial charge in [0.2, 0.25) is 0 Å². The number of aliphatic hydroxyl groups excluding tert-OH is 1. The van der Waals surface area contributed by atoms with Gasteiger partial charge in [0.1, 0.15) is 5.69 Å². The summed E-state index contributed by atoms with van der Waals surface area (Å²) in [4.78, 5) is 15.5. The van der Waals surface area contributed by atoms with Crippen molar-refractivity contribution < 1.29 is 9.90 Å². The monoisotopic (exact) mass is 242 g/mol. The van der Waals surface area contributed by atoms with Crippen molar-refractivity contribution in [1.29, 1.82) is 0 Å². The van der Waals surface area contributed by atoms with Crippen LogP contribution in [0.25, 0.3) is 0 Å². The van der Waals surface area contributed by atoms with Gasteiger partial charge in [0.25, 0.3) is 5.91 Å². The minimum atomic E-state index is -0.332. The van der Waals surface area contributed by atoms with E-state index < -0.39 is 0 Å². The number of nitrogens with zero attached hydrogens (tertiary/aromatic N) is 1. The lowest BCUT2D eigenvalue weighted by Crippen LogP contribution is -2.25. The van der Waals surface area contributed by atoms with Crippen molar-refractivity contribution in [3.8, 4) is 0 Å². The molecular weight excluding hydrogens is 228 g/mol. The Bertz CT molecular complexity index is 356. The van der Waals surface area contributed by atoms with Gasteiger partial charge in [-0.3, -0.25) is 9.78 Å². The average molecular weight is 243 g/mol. The van der Waals surface area contributed by atoms with Crippen molar-refractivity contribution >= 4 is 17.5 Å². The van der Waals surface area contributed by atoms with Crippen molar-refractivity contribution in [2.45, 2.75) is 25.9 Å². The van der Waals surface area contributed by atoms with Gasteiger partial charge in [-0.05, 0) is 31.9 Å². The summed E-state index contributed by atoms with van der Waals surface area (Å²) in [6.07, 6.45) is 2.57. The SMILES string of the molecule is CC(O)CCCNC(=O)c1cc(Cl)ccn1. The quantitative estimate of drug-likeness (QED) is 0.772. The van der Waals surface area contributed by atoms with E-state index >= 15 is 0 Å². The van der Waals surface area contributed by atoms with Gasteiger partial charge in [0, 0.05) is 17.8 Å². The highest BCUT2D eigenvalue weighted by Crippen LogP contribution is 2.07. The molecule has 0 bridgehead atoms. The first kappa shape index (κ1) is 12.9. The second-order valence-corrected chi connectivity index (χ2v) is 4.04. The topological polar surface area (TPSA) is 62.2 Å². The standard InChI is InChI=1S/C11H15ClN2O2/c1-8(15)3-2-5-14-11(16)10-7-9(12)4-6-13-10/h4,6-8,15H,2-3,5H2,1H3,(H,14,16). The minimum absolute atomic E-state index is 0.243. The predicted octanol–water partition coefficient (Wildman–Crippen LogP) is 1.63. The normalized spacial score (nSPS) is 12.2. The summed E-state index contributed by atoms with van der Waals surface area (Å²) in [6, 6.07) is 3.14. The molecule has 2 N–H and O–H groups in total. The van der Waals surface area contributed by atoms with Crippen LogP contribution in [0, 0.1) is 0 Å². The van der Waals surface area contributed by atoms with Crippen LogP contribution >= 0.6 is 11.6 Å². The number of hydrogen-bond donors (Lipinski definition) is 2. The van der Waals surface area contributed by atoms with Crippen LogP contribution in [0.5, 0.6) is 0 Å². The molecule has 1 rings (SSSR count). The highest BCUT2D eigenvalue weighted by Gasteiger charge is 2.06. The molecule has 0 fully saturated rings.